The van der Waals surface area contributed by atoms with E-state index < -0.39 is 0 Å². The van der Waals surface area contributed by atoms with Crippen LogP contribution in [0.1, 0.15) is 18.7 Å². The number of hydrogen-bond donors (Lipinski definition) is 2. The molecule has 0 spiro atoms. The van der Waals surface area contributed by atoms with Crippen molar-refractivity contribution < 1.29 is 9.53 Å². The fraction of sp³-hybridized carbons (Fsp3) is 0.321. The van der Waals surface area contributed by atoms with Crippen LogP contribution in [0.25, 0.3) is 33.3 Å². The monoisotopic (exact) mass is 542 g/mol. The number of aromatic amines is 1. The van der Waals surface area contributed by atoms with Gasteiger partial charge in [-0.2, -0.15) is 5.10 Å². The van der Waals surface area contributed by atoms with E-state index in [2.05, 4.69) is 25.0 Å². The van der Waals surface area contributed by atoms with Crippen molar-refractivity contribution in [3.05, 3.63) is 59.8 Å². The number of rotatable bonds is 7. The average Bonchev–Trinajstić information content (AvgIpc) is 3.69. The molecule has 1 aliphatic heterocycles. The zero-order valence-electron chi connectivity index (χ0n) is 21.3. The highest BCUT2D eigenvalue weighted by Crippen LogP contribution is 2.42. The molecular formula is C28H27ClN8O2. The van der Waals surface area contributed by atoms with Crippen molar-refractivity contribution >= 4 is 39.6 Å². The molecule has 11 heteroatoms. The summed E-state index contributed by atoms with van der Waals surface area (Å²) in [4.78, 5) is 30.6. The summed E-state index contributed by atoms with van der Waals surface area (Å²) >= 11 is 6.77. The van der Waals surface area contributed by atoms with Gasteiger partial charge in [-0.3, -0.25) is 19.4 Å². The van der Waals surface area contributed by atoms with Gasteiger partial charge in [0, 0.05) is 37.0 Å². The van der Waals surface area contributed by atoms with Gasteiger partial charge in [0.25, 0.3) is 0 Å². The highest BCUT2D eigenvalue weighted by atomic mass is 35.5. The second-order valence-electron chi connectivity index (χ2n) is 10.6. The zero-order chi connectivity index (χ0) is 26.7. The van der Waals surface area contributed by atoms with E-state index in [-0.39, 0.29) is 5.91 Å². The summed E-state index contributed by atoms with van der Waals surface area (Å²) in [6, 6.07) is 9.78. The molecule has 2 bridgehead atoms. The maximum atomic E-state index is 11.3. The van der Waals surface area contributed by atoms with Crippen molar-refractivity contribution in [2.24, 2.45) is 17.6 Å². The second-order valence-corrected chi connectivity index (χ2v) is 11.0. The van der Waals surface area contributed by atoms with Gasteiger partial charge in [-0.15, -0.1) is 0 Å². The molecule has 3 aromatic heterocycles. The molecule has 0 radical (unpaired) electrons. The number of halogens is 1. The van der Waals surface area contributed by atoms with E-state index in [4.69, 9.17) is 27.1 Å². The van der Waals surface area contributed by atoms with E-state index in [1.54, 1.807) is 12.3 Å². The van der Waals surface area contributed by atoms with E-state index in [1.165, 1.54) is 0 Å². The Morgan fingerprint density at radius 1 is 1.18 bits per heavy atom. The Hall–Kier alpha value is -4.02. The lowest BCUT2D eigenvalue weighted by Gasteiger charge is -2.30. The van der Waals surface area contributed by atoms with E-state index >= 15 is 0 Å². The molecule has 5 aromatic rings. The maximum Gasteiger partial charge on any atom is 0.231 e. The number of carbonyl (C=O) groups excluding carboxylic acids is 1. The predicted octanol–water partition coefficient (Wildman–Crippen LogP) is 4.32. The number of fused-ring (bicyclic) bond motifs is 4. The van der Waals surface area contributed by atoms with Crippen LogP contribution in [0.5, 0.6) is 11.5 Å². The normalized spacial score (nSPS) is 20.8. The van der Waals surface area contributed by atoms with E-state index in [0.29, 0.717) is 57.7 Å². The molecule has 7 rings (SSSR count). The van der Waals surface area contributed by atoms with Gasteiger partial charge in [-0.25, -0.2) is 9.97 Å². The highest BCUT2D eigenvalue weighted by Gasteiger charge is 2.44. The summed E-state index contributed by atoms with van der Waals surface area (Å²) in [5, 5.41) is 5.01. The number of nitrogens with zero attached hydrogens (tertiary/aromatic N) is 6. The minimum Gasteiger partial charge on any atom is -0.456 e. The number of aryl methyl sites for hydroxylation is 1. The van der Waals surface area contributed by atoms with Gasteiger partial charge in [0.1, 0.15) is 27.9 Å². The number of likely N-dealkylation sites (tertiary alicyclic amines) is 1. The second kappa shape index (κ2) is 9.32. The summed E-state index contributed by atoms with van der Waals surface area (Å²) in [7, 11) is 0. The molecular weight excluding hydrogens is 516 g/mol. The number of nitrogens with one attached hydrogen (secondary N) is 1. The number of hydrogen-bond acceptors (Lipinski definition) is 7. The van der Waals surface area contributed by atoms with Crippen molar-refractivity contribution in [3.63, 3.8) is 0 Å². The Bertz CT molecular complexity index is 1730. The third-order valence-corrected chi connectivity index (χ3v) is 8.29. The third-order valence-electron chi connectivity index (χ3n) is 7.93. The Morgan fingerprint density at radius 2 is 2.05 bits per heavy atom. The van der Waals surface area contributed by atoms with Crippen LogP contribution in [-0.2, 0) is 11.3 Å². The molecule has 3 unspecified atom stereocenters. The number of nitrogens with two attached hydrogens (primary N) is 1. The van der Waals surface area contributed by atoms with Crippen LogP contribution in [0.3, 0.4) is 0 Å². The van der Waals surface area contributed by atoms with Crippen molar-refractivity contribution in [1.29, 1.82) is 0 Å². The summed E-state index contributed by atoms with van der Waals surface area (Å²) in [5.74, 6) is 2.85. The Morgan fingerprint density at radius 3 is 2.87 bits per heavy atom. The van der Waals surface area contributed by atoms with Gasteiger partial charge in [0.15, 0.2) is 0 Å². The Kier molecular flexibility index (Phi) is 5.75. The molecule has 1 saturated carbocycles. The van der Waals surface area contributed by atoms with Crippen LogP contribution in [0, 0.1) is 18.8 Å². The molecule has 3 atom stereocenters. The van der Waals surface area contributed by atoms with E-state index in [0.717, 1.165) is 48.4 Å². The topological polar surface area (TPSA) is 128 Å². The molecule has 10 nitrogen and oxygen atoms in total. The zero-order valence-corrected chi connectivity index (χ0v) is 22.1. The molecule has 4 heterocycles. The minimum absolute atomic E-state index is 0.253. The minimum atomic E-state index is -0.253. The molecule has 1 amide bonds. The molecule has 1 saturated heterocycles. The fourth-order valence-corrected chi connectivity index (χ4v) is 6.40. The molecule has 3 N–H and O–H groups in total. The quantitative estimate of drug-likeness (QED) is 0.313. The van der Waals surface area contributed by atoms with Crippen molar-refractivity contribution in [1.82, 2.24) is 34.6 Å². The number of piperidine rings is 1. The van der Waals surface area contributed by atoms with Gasteiger partial charge < -0.3 is 15.5 Å². The van der Waals surface area contributed by atoms with E-state index in [9.17, 15) is 4.79 Å². The average molecular weight is 543 g/mol. The fourth-order valence-electron chi connectivity index (χ4n) is 6.16. The first kappa shape index (κ1) is 24.1. The molecule has 39 heavy (non-hydrogen) atoms. The van der Waals surface area contributed by atoms with Crippen molar-refractivity contribution in [2.75, 3.05) is 13.1 Å². The van der Waals surface area contributed by atoms with Gasteiger partial charge in [-0.1, -0.05) is 11.6 Å². The lowest BCUT2D eigenvalue weighted by atomic mass is 9.94. The Balaban J connectivity index is 1.09. The first-order chi connectivity index (χ1) is 18.9. The van der Waals surface area contributed by atoms with Crippen LogP contribution in [0.4, 0.5) is 0 Å². The van der Waals surface area contributed by atoms with Crippen LogP contribution in [0.15, 0.2) is 48.9 Å². The predicted molar refractivity (Wildman–Crippen MR) is 147 cm³/mol. The third kappa shape index (κ3) is 4.49. The maximum absolute atomic E-state index is 11.3. The van der Waals surface area contributed by atoms with Gasteiger partial charge >= 0.3 is 0 Å². The van der Waals surface area contributed by atoms with Crippen LogP contribution in [-0.4, -0.2) is 59.7 Å². The smallest absolute Gasteiger partial charge is 0.231 e. The number of carbonyl (C=O) groups is 1. The summed E-state index contributed by atoms with van der Waals surface area (Å²) < 4.78 is 8.10. The largest absolute Gasteiger partial charge is 0.456 e. The highest BCUT2D eigenvalue weighted by molar-refractivity contribution is 6.36. The molecule has 198 valence electrons. The van der Waals surface area contributed by atoms with Crippen molar-refractivity contribution in [2.45, 2.75) is 32.4 Å². The summed E-state index contributed by atoms with van der Waals surface area (Å²) in [5.41, 5.74) is 10.0. The number of imidazole rings is 1. The number of aromatic nitrogens is 6. The SMILES string of the molecule is Cc1nc2ccc(Oc3ccc4ncc(-c5cnn(CC6CC7CC6CN7CC(N)=O)c5)nc4c3Cl)cc2[nH]1. The number of primary amides is 1. The van der Waals surface area contributed by atoms with Crippen LogP contribution >= 0.6 is 11.6 Å². The first-order valence-corrected chi connectivity index (χ1v) is 13.4. The van der Waals surface area contributed by atoms with Gasteiger partial charge in [-0.05, 0) is 55.9 Å². The summed E-state index contributed by atoms with van der Waals surface area (Å²) in [6.45, 7) is 4.04. The van der Waals surface area contributed by atoms with Crippen LogP contribution < -0.4 is 10.5 Å². The number of H-pyrrole nitrogens is 1. The number of ether oxygens (including phenoxy) is 1. The Labute approximate surface area is 229 Å². The van der Waals surface area contributed by atoms with Gasteiger partial charge in [0.05, 0.1) is 41.2 Å². The van der Waals surface area contributed by atoms with Crippen molar-refractivity contribution in [3.8, 4) is 22.8 Å². The number of amides is 1. The molecule has 2 fully saturated rings. The standard InChI is InChI=1S/C28H27ClN8O2/c1-15-33-21-3-2-20(8-23(21)34-15)39-25-5-4-22-28(27(25)29)35-24(10-31-22)18-9-32-37(13-18)12-17-7-19-6-16(17)11-36(19)14-26(30)38/h2-5,8-10,13,16-17,19H,6-7,11-12,14H2,1H3,(H2,30,38)(H,33,34). The summed E-state index contributed by atoms with van der Waals surface area (Å²) in [6.07, 6.45) is 7.76. The van der Waals surface area contributed by atoms with Crippen LogP contribution in [0.2, 0.25) is 5.02 Å². The lowest BCUT2D eigenvalue weighted by Crippen LogP contribution is -2.41. The van der Waals surface area contributed by atoms with E-state index in [1.807, 2.05) is 48.3 Å². The molecule has 2 aromatic carbocycles. The first-order valence-electron chi connectivity index (χ1n) is 13.0. The molecule has 2 aliphatic rings. The lowest BCUT2D eigenvalue weighted by molar-refractivity contribution is -0.119. The number of benzene rings is 2. The molecule has 1 aliphatic carbocycles. The van der Waals surface area contributed by atoms with Gasteiger partial charge in [0.2, 0.25) is 5.91 Å².